The number of rotatable bonds is 1. The third kappa shape index (κ3) is 1.78. The molecule has 0 radical (unpaired) electrons. The van der Waals surface area contributed by atoms with Gasteiger partial charge in [-0.3, -0.25) is 4.40 Å². The van der Waals surface area contributed by atoms with E-state index in [2.05, 4.69) is 46.6 Å². The number of aromatic nitrogens is 2. The van der Waals surface area contributed by atoms with Crippen molar-refractivity contribution in [2.45, 2.75) is 6.92 Å². The van der Waals surface area contributed by atoms with E-state index in [1.54, 1.807) is 0 Å². The lowest BCUT2D eigenvalue weighted by atomic mass is 10.1. The quantitative estimate of drug-likeness (QED) is 0.521. The SMILES string of the molecule is Cc1cccc(-c2nc(C#N)c3ccc4ccccc4n23)c1. The molecule has 0 unspecified atom stereocenters. The molecule has 2 aromatic heterocycles. The van der Waals surface area contributed by atoms with Crippen LogP contribution in [0, 0.1) is 18.3 Å². The van der Waals surface area contributed by atoms with E-state index in [0.29, 0.717) is 5.69 Å². The first-order valence-electron chi connectivity index (χ1n) is 7.15. The average Bonchev–Trinajstić information content (AvgIpc) is 2.94. The van der Waals surface area contributed by atoms with Gasteiger partial charge in [-0.2, -0.15) is 5.26 Å². The summed E-state index contributed by atoms with van der Waals surface area (Å²) in [5.41, 5.74) is 4.56. The van der Waals surface area contributed by atoms with Crippen LogP contribution >= 0.6 is 0 Å². The van der Waals surface area contributed by atoms with Crippen LogP contribution in [-0.2, 0) is 0 Å². The van der Waals surface area contributed by atoms with Gasteiger partial charge in [-0.1, -0.05) is 48.0 Å². The van der Waals surface area contributed by atoms with Crippen molar-refractivity contribution in [1.29, 1.82) is 5.26 Å². The van der Waals surface area contributed by atoms with Gasteiger partial charge in [-0.15, -0.1) is 0 Å². The van der Waals surface area contributed by atoms with Crippen molar-refractivity contribution in [3.05, 3.63) is 71.9 Å². The van der Waals surface area contributed by atoms with Crippen LogP contribution < -0.4 is 0 Å². The van der Waals surface area contributed by atoms with Crippen LogP contribution in [-0.4, -0.2) is 9.38 Å². The van der Waals surface area contributed by atoms with E-state index in [0.717, 1.165) is 27.8 Å². The number of nitrogens with zero attached hydrogens (tertiary/aromatic N) is 3. The van der Waals surface area contributed by atoms with Crippen molar-refractivity contribution in [2.75, 3.05) is 0 Å². The second kappa shape index (κ2) is 4.71. The van der Waals surface area contributed by atoms with Crippen molar-refractivity contribution >= 4 is 16.4 Å². The van der Waals surface area contributed by atoms with Gasteiger partial charge in [0.15, 0.2) is 5.69 Å². The third-order valence-electron chi connectivity index (χ3n) is 3.89. The summed E-state index contributed by atoms with van der Waals surface area (Å²) in [6, 6.07) is 22.6. The van der Waals surface area contributed by atoms with Crippen molar-refractivity contribution in [1.82, 2.24) is 9.38 Å². The van der Waals surface area contributed by atoms with Gasteiger partial charge in [-0.05, 0) is 30.5 Å². The molecule has 4 aromatic rings. The van der Waals surface area contributed by atoms with Crippen LogP contribution in [0.25, 0.3) is 27.8 Å². The average molecular weight is 283 g/mol. The molecule has 3 heteroatoms. The van der Waals surface area contributed by atoms with Crippen molar-refractivity contribution in [2.24, 2.45) is 0 Å². The first-order valence-corrected chi connectivity index (χ1v) is 7.15. The Morgan fingerprint density at radius 1 is 0.955 bits per heavy atom. The van der Waals surface area contributed by atoms with Crippen LogP contribution in [0.4, 0.5) is 0 Å². The molecule has 0 saturated heterocycles. The Morgan fingerprint density at radius 3 is 2.64 bits per heavy atom. The molecule has 4 rings (SSSR count). The van der Waals surface area contributed by atoms with Crippen molar-refractivity contribution in [3.63, 3.8) is 0 Å². The Morgan fingerprint density at radius 2 is 1.82 bits per heavy atom. The molecule has 0 aliphatic heterocycles. The normalized spacial score (nSPS) is 10.9. The lowest BCUT2D eigenvalue weighted by molar-refractivity contribution is 1.21. The van der Waals surface area contributed by atoms with E-state index >= 15 is 0 Å². The molecular formula is C19H13N3. The Bertz CT molecular complexity index is 1050. The van der Waals surface area contributed by atoms with E-state index in [-0.39, 0.29) is 0 Å². The standard InChI is InChI=1S/C19H13N3/c1-13-5-4-7-15(11-13)19-21-16(12-20)18-10-9-14-6-2-3-8-17(14)22(18)19/h2-11H,1H3. The zero-order valence-electron chi connectivity index (χ0n) is 12.1. The lowest BCUT2D eigenvalue weighted by Gasteiger charge is -2.06. The van der Waals surface area contributed by atoms with Gasteiger partial charge in [0.2, 0.25) is 0 Å². The smallest absolute Gasteiger partial charge is 0.166 e. The highest BCUT2D eigenvalue weighted by Gasteiger charge is 2.14. The van der Waals surface area contributed by atoms with Crippen LogP contribution in [0.3, 0.4) is 0 Å². The van der Waals surface area contributed by atoms with Gasteiger partial charge >= 0.3 is 0 Å². The Labute approximate surface area is 128 Å². The molecule has 2 heterocycles. The molecule has 22 heavy (non-hydrogen) atoms. The second-order valence-corrected chi connectivity index (χ2v) is 5.38. The lowest BCUT2D eigenvalue weighted by Crippen LogP contribution is -1.92. The molecule has 0 aliphatic carbocycles. The van der Waals surface area contributed by atoms with E-state index in [1.807, 2.05) is 36.4 Å². The highest BCUT2D eigenvalue weighted by Crippen LogP contribution is 2.27. The molecule has 0 N–H and O–H groups in total. The number of imidazole rings is 1. The fraction of sp³-hybridized carbons (Fsp3) is 0.0526. The minimum absolute atomic E-state index is 0.460. The molecule has 0 bridgehead atoms. The summed E-state index contributed by atoms with van der Waals surface area (Å²) in [5, 5.41) is 10.5. The molecule has 0 aliphatic rings. The Kier molecular flexibility index (Phi) is 2.70. The molecule has 0 atom stereocenters. The summed E-state index contributed by atoms with van der Waals surface area (Å²) >= 11 is 0. The summed E-state index contributed by atoms with van der Waals surface area (Å²) in [6.45, 7) is 2.06. The fourth-order valence-electron chi connectivity index (χ4n) is 2.89. The predicted molar refractivity (Wildman–Crippen MR) is 87.6 cm³/mol. The van der Waals surface area contributed by atoms with Crippen molar-refractivity contribution < 1.29 is 0 Å². The zero-order chi connectivity index (χ0) is 15.1. The van der Waals surface area contributed by atoms with Crippen LogP contribution in [0.2, 0.25) is 0 Å². The molecular weight excluding hydrogens is 270 g/mol. The first-order chi connectivity index (χ1) is 10.8. The number of hydrogen-bond donors (Lipinski definition) is 0. The van der Waals surface area contributed by atoms with Crippen LogP contribution in [0.15, 0.2) is 60.7 Å². The molecule has 0 fully saturated rings. The highest BCUT2D eigenvalue weighted by molar-refractivity contribution is 5.86. The van der Waals surface area contributed by atoms with Gasteiger partial charge in [0.1, 0.15) is 11.9 Å². The summed E-state index contributed by atoms with van der Waals surface area (Å²) in [7, 11) is 0. The molecule has 0 spiro atoms. The van der Waals surface area contributed by atoms with E-state index in [9.17, 15) is 5.26 Å². The first kappa shape index (κ1) is 12.6. The maximum Gasteiger partial charge on any atom is 0.166 e. The summed E-state index contributed by atoms with van der Waals surface area (Å²) < 4.78 is 2.07. The Balaban J connectivity index is 2.19. The number of para-hydroxylation sites is 1. The van der Waals surface area contributed by atoms with Gasteiger partial charge in [-0.25, -0.2) is 4.98 Å². The number of hydrogen-bond acceptors (Lipinski definition) is 2. The number of benzene rings is 2. The highest BCUT2D eigenvalue weighted by atomic mass is 15.0. The van der Waals surface area contributed by atoms with Gasteiger partial charge in [0, 0.05) is 5.56 Å². The Hall–Kier alpha value is -3.12. The van der Waals surface area contributed by atoms with Crippen LogP contribution in [0.5, 0.6) is 0 Å². The maximum absolute atomic E-state index is 9.40. The van der Waals surface area contributed by atoms with Crippen LogP contribution in [0.1, 0.15) is 11.3 Å². The molecule has 2 aromatic carbocycles. The third-order valence-corrected chi connectivity index (χ3v) is 3.89. The number of fused-ring (bicyclic) bond motifs is 3. The number of pyridine rings is 1. The molecule has 0 saturated carbocycles. The zero-order valence-corrected chi connectivity index (χ0v) is 12.1. The summed E-state index contributed by atoms with van der Waals surface area (Å²) in [6.07, 6.45) is 0. The molecule has 104 valence electrons. The monoisotopic (exact) mass is 283 g/mol. The minimum Gasteiger partial charge on any atom is -0.291 e. The topological polar surface area (TPSA) is 41.1 Å². The molecule has 0 amide bonds. The second-order valence-electron chi connectivity index (χ2n) is 5.38. The van der Waals surface area contributed by atoms with E-state index in [1.165, 1.54) is 5.56 Å². The fourth-order valence-corrected chi connectivity index (χ4v) is 2.89. The van der Waals surface area contributed by atoms with Gasteiger partial charge in [0.25, 0.3) is 0 Å². The predicted octanol–water partition coefficient (Wildman–Crippen LogP) is 4.33. The molecule has 3 nitrogen and oxygen atoms in total. The minimum atomic E-state index is 0.460. The summed E-state index contributed by atoms with van der Waals surface area (Å²) in [5.74, 6) is 0.812. The number of aryl methyl sites for hydroxylation is 1. The number of nitriles is 1. The van der Waals surface area contributed by atoms with E-state index in [4.69, 9.17) is 0 Å². The van der Waals surface area contributed by atoms with Gasteiger partial charge < -0.3 is 0 Å². The van der Waals surface area contributed by atoms with E-state index < -0.39 is 0 Å². The largest absolute Gasteiger partial charge is 0.291 e. The maximum atomic E-state index is 9.40. The van der Waals surface area contributed by atoms with Crippen molar-refractivity contribution in [3.8, 4) is 17.5 Å². The summed E-state index contributed by atoms with van der Waals surface area (Å²) in [4.78, 5) is 4.57. The van der Waals surface area contributed by atoms with Gasteiger partial charge in [0.05, 0.1) is 11.0 Å².